The number of hydroxylamine groups is 5. The monoisotopic (exact) mass is 1080 g/mol. The maximum absolute atomic E-state index is 14.3. The van der Waals surface area contributed by atoms with Gasteiger partial charge in [0, 0.05) is 19.5 Å². The molecule has 9 aromatic rings. The highest BCUT2D eigenvalue weighted by molar-refractivity contribution is 6.07. The van der Waals surface area contributed by atoms with Gasteiger partial charge in [0.1, 0.15) is 34.9 Å². The van der Waals surface area contributed by atoms with Crippen LogP contribution in [-0.4, -0.2) is 26.2 Å². The molecule has 1 fully saturated rings. The molecule has 2 aliphatic rings. The van der Waals surface area contributed by atoms with E-state index in [1.54, 1.807) is 16.2 Å². The van der Waals surface area contributed by atoms with Crippen LogP contribution in [-0.2, 0) is 35.1 Å². The van der Waals surface area contributed by atoms with E-state index in [2.05, 4.69) is 5.48 Å². The second-order valence-corrected chi connectivity index (χ2v) is 18.4. The summed E-state index contributed by atoms with van der Waals surface area (Å²) in [5, 5.41) is 22.8. The summed E-state index contributed by atoms with van der Waals surface area (Å²) in [4.78, 5) is 23.5. The lowest BCUT2D eigenvalue weighted by atomic mass is 9.94. The van der Waals surface area contributed by atoms with Crippen molar-refractivity contribution in [2.24, 2.45) is 0 Å². The van der Waals surface area contributed by atoms with Crippen molar-refractivity contribution < 1.29 is 51.1 Å². The Morgan fingerprint density at radius 2 is 1.02 bits per heavy atom. The molecule has 80 heavy (non-hydrogen) atoms. The van der Waals surface area contributed by atoms with Crippen molar-refractivity contribution >= 4 is 17.6 Å². The minimum atomic E-state index is -1.94. The van der Waals surface area contributed by atoms with E-state index in [1.807, 2.05) is 188 Å². The molecule has 0 amide bonds. The topological polar surface area (TPSA) is 94.5 Å². The number of aliphatic hydroxyl groups is 1. The van der Waals surface area contributed by atoms with Gasteiger partial charge in [-0.2, -0.15) is 5.06 Å². The molecule has 9 aromatic carbocycles. The number of nitrogens with one attached hydrogen (secondary N) is 1. The second-order valence-electron chi connectivity index (χ2n) is 18.4. The van der Waals surface area contributed by atoms with Gasteiger partial charge in [0.05, 0.1) is 35.3 Å². The molecule has 2 heterocycles. The molecule has 14 heteroatoms. The molecule has 406 valence electrons. The van der Waals surface area contributed by atoms with Crippen LogP contribution in [0.1, 0.15) is 73.4 Å². The van der Waals surface area contributed by atoms with E-state index in [4.69, 9.17) is 14.9 Å². The van der Waals surface area contributed by atoms with Crippen LogP contribution in [0.4, 0.5) is 26.3 Å². The number of hydrogen-bond acceptors (Lipinski definition) is 8. The van der Waals surface area contributed by atoms with Gasteiger partial charge < -0.3 is 15.2 Å². The second kappa shape index (κ2) is 28.2. The lowest BCUT2D eigenvalue weighted by molar-refractivity contribution is -0.299. The third-order valence-electron chi connectivity index (χ3n) is 12.7. The highest BCUT2D eigenvalue weighted by atomic mass is 19.1. The summed E-state index contributed by atoms with van der Waals surface area (Å²) in [6, 6.07) is 66.5. The smallest absolute Gasteiger partial charge is 0.216 e. The van der Waals surface area contributed by atoms with E-state index in [0.717, 1.165) is 88.0 Å². The predicted molar refractivity (Wildman–Crippen MR) is 295 cm³/mol. The Balaban J connectivity index is 0.000000149. The van der Waals surface area contributed by atoms with Gasteiger partial charge in [-0.3, -0.25) is 9.63 Å². The fourth-order valence-corrected chi connectivity index (χ4v) is 8.75. The van der Waals surface area contributed by atoms with Gasteiger partial charge in [0.25, 0.3) is 0 Å². The van der Waals surface area contributed by atoms with Gasteiger partial charge in [0.2, 0.25) is 5.79 Å². The quantitative estimate of drug-likeness (QED) is 0.0455. The van der Waals surface area contributed by atoms with Gasteiger partial charge in [-0.05, 0) is 100 Å². The van der Waals surface area contributed by atoms with Crippen molar-refractivity contribution in [3.63, 3.8) is 0 Å². The Morgan fingerprint density at radius 1 is 0.550 bits per heavy atom. The van der Waals surface area contributed by atoms with Crippen molar-refractivity contribution in [2.45, 2.75) is 43.9 Å². The van der Waals surface area contributed by atoms with E-state index in [0.29, 0.717) is 25.4 Å². The Morgan fingerprint density at radius 3 is 1.60 bits per heavy atom. The van der Waals surface area contributed by atoms with Crippen molar-refractivity contribution in [1.82, 2.24) is 15.6 Å². The van der Waals surface area contributed by atoms with Gasteiger partial charge >= 0.3 is 0 Å². The number of carbonyl (C=O) groups excluding carboxylic acids is 1. The molecule has 0 spiro atoms. The molecule has 0 aromatic heterocycles. The van der Waals surface area contributed by atoms with Crippen LogP contribution in [0.15, 0.2) is 249 Å². The Labute approximate surface area is 460 Å². The first-order valence-corrected chi connectivity index (χ1v) is 25.4. The van der Waals surface area contributed by atoms with E-state index in [1.165, 1.54) is 6.08 Å². The maximum atomic E-state index is 14.3. The zero-order chi connectivity index (χ0) is 56.3. The number of carbonyl (C=O) groups is 1. The predicted octanol–water partition coefficient (Wildman–Crippen LogP) is 15.2. The maximum Gasteiger partial charge on any atom is 0.216 e. The van der Waals surface area contributed by atoms with Crippen LogP contribution in [0.2, 0.25) is 0 Å². The van der Waals surface area contributed by atoms with Crippen LogP contribution in [0.5, 0.6) is 0 Å². The molecular weight excluding hydrogens is 1030 g/mol. The molecule has 0 saturated carbocycles. The largest absolute Gasteiger partial charge is 0.404 e. The lowest BCUT2D eigenvalue weighted by Crippen LogP contribution is -2.29. The summed E-state index contributed by atoms with van der Waals surface area (Å²) in [5.74, 6) is -5.86. The minimum absolute atomic E-state index is 0.0875. The van der Waals surface area contributed by atoms with Crippen molar-refractivity contribution in [1.29, 1.82) is 0 Å². The van der Waals surface area contributed by atoms with Gasteiger partial charge in [-0.1, -0.05) is 188 Å². The average Bonchev–Trinajstić information content (AvgIpc) is 4.08. The summed E-state index contributed by atoms with van der Waals surface area (Å²) in [6.07, 6.45) is 4.71. The van der Waals surface area contributed by atoms with Crippen LogP contribution in [0.25, 0.3) is 11.8 Å². The van der Waals surface area contributed by atoms with E-state index < -0.39 is 46.5 Å². The van der Waals surface area contributed by atoms with Gasteiger partial charge in [-0.25, -0.2) is 31.8 Å². The highest BCUT2D eigenvalue weighted by Crippen LogP contribution is 2.46. The summed E-state index contributed by atoms with van der Waals surface area (Å²) < 4.78 is 82.1. The molecule has 1 saturated heterocycles. The van der Waals surface area contributed by atoms with Gasteiger partial charge in [0.15, 0.2) is 11.5 Å². The number of benzene rings is 9. The molecule has 2 aliphatic heterocycles. The molecule has 3 N–H and O–H groups in total. The third-order valence-corrected chi connectivity index (χ3v) is 12.7. The highest BCUT2D eigenvalue weighted by Gasteiger charge is 2.48. The lowest BCUT2D eigenvalue weighted by Gasteiger charge is -2.25. The standard InChI is InChI=1S/C22H19F2NO2.C22H17F2NO.C15H10F2O.C7H9NO/c23-18-11-12-20(24)19(13-18)22(26)14-21(17-9-5-2-6-10-17)25(27-22)15-16-7-3-1-4-8-16;23-18-11-12-20(24)19(13-18)22-14-21(17-9-5-2-6-10-17)25(26-22)15-16-7-3-1-4-8-16;16-12-7-8-14(17)13(10-12)15(18)9-6-11-4-2-1-3-5-11;9-8-6-7-4-2-1-3-5-7/h1-13,21,26H,14-15H2;1-14,21H,15H2;1-10H;1-5,8-9H,6H2/b;;9-6+;. The molecule has 0 radical (unpaired) electrons. The number of ketones is 1. The molecule has 3 unspecified atom stereocenters. The Kier molecular flexibility index (Phi) is 20.3. The van der Waals surface area contributed by atoms with E-state index in [-0.39, 0.29) is 35.2 Å². The number of nitrogens with zero attached hydrogens (tertiary/aromatic N) is 2. The number of allylic oxidation sites excluding steroid dienone is 1. The Bertz CT molecular complexity index is 3460. The van der Waals surface area contributed by atoms with E-state index >= 15 is 0 Å². The zero-order valence-electron chi connectivity index (χ0n) is 43.0. The van der Waals surface area contributed by atoms with Crippen molar-refractivity contribution in [3.8, 4) is 0 Å². The van der Waals surface area contributed by atoms with Crippen LogP contribution in [0, 0.1) is 34.9 Å². The van der Waals surface area contributed by atoms with Crippen molar-refractivity contribution in [2.75, 3.05) is 0 Å². The minimum Gasteiger partial charge on any atom is -0.404 e. The number of rotatable bonds is 13. The molecule has 3 atom stereocenters. The first kappa shape index (κ1) is 57.4. The fourth-order valence-electron chi connectivity index (χ4n) is 8.75. The molecule has 0 aliphatic carbocycles. The Hall–Kier alpha value is -8.73. The summed E-state index contributed by atoms with van der Waals surface area (Å²) in [6.45, 7) is 1.44. The SMILES string of the molecule is Fc1ccc(F)c(C2=CC(c3ccccc3)N(Cc3ccccc3)O2)c1.O=C(/C=C/c1ccccc1)c1cc(F)ccc1F.OC1(c2cc(F)ccc2F)CC(c2ccccc2)N(Cc2ccccc2)O1.ONCc1ccccc1. The summed E-state index contributed by atoms with van der Waals surface area (Å²) >= 11 is 0. The first-order valence-electron chi connectivity index (χ1n) is 25.4. The summed E-state index contributed by atoms with van der Waals surface area (Å²) in [5.41, 5.74) is 7.67. The van der Waals surface area contributed by atoms with Crippen LogP contribution < -0.4 is 5.48 Å². The first-order chi connectivity index (χ1) is 38.8. The fraction of sp³-hybridized carbons (Fsp3) is 0.106. The number of halogens is 6. The third kappa shape index (κ3) is 16.0. The number of hydrogen-bond donors (Lipinski definition) is 3. The van der Waals surface area contributed by atoms with Crippen LogP contribution in [0.3, 0.4) is 0 Å². The van der Waals surface area contributed by atoms with Gasteiger partial charge in [-0.15, -0.1) is 5.06 Å². The molecule has 11 rings (SSSR count). The van der Waals surface area contributed by atoms with E-state index in [9.17, 15) is 36.2 Å². The average molecular weight is 1080 g/mol. The normalized spacial score (nSPS) is 16.7. The molecule has 0 bridgehead atoms. The summed E-state index contributed by atoms with van der Waals surface area (Å²) in [7, 11) is 0. The molecule has 8 nitrogen and oxygen atoms in total. The molecular formula is C66H55F6N3O5. The van der Waals surface area contributed by atoms with Crippen molar-refractivity contribution in [3.05, 3.63) is 334 Å². The van der Waals surface area contributed by atoms with Crippen LogP contribution >= 0.6 is 0 Å². The zero-order valence-corrected chi connectivity index (χ0v) is 43.0.